The predicted octanol–water partition coefficient (Wildman–Crippen LogP) is 5.93. The van der Waals surface area contributed by atoms with E-state index in [9.17, 15) is 14.2 Å². The Labute approximate surface area is 206 Å². The highest BCUT2D eigenvalue weighted by molar-refractivity contribution is 7.30. The molecule has 35 heavy (non-hydrogen) atoms. The van der Waals surface area contributed by atoms with E-state index in [-0.39, 0.29) is 31.2 Å². The van der Waals surface area contributed by atoms with Crippen LogP contribution in [0.3, 0.4) is 0 Å². The van der Waals surface area contributed by atoms with Crippen molar-refractivity contribution in [2.45, 2.75) is 20.8 Å². The molecule has 0 aromatic heterocycles. The summed E-state index contributed by atoms with van der Waals surface area (Å²) in [4.78, 5) is 28.1. The molecule has 0 spiro atoms. The molecule has 0 saturated heterocycles. The van der Waals surface area contributed by atoms with Gasteiger partial charge in [0.05, 0.1) is 34.4 Å². The average Bonchev–Trinajstić information content (AvgIpc) is 2.86. The molecule has 1 aliphatic rings. The number of hydrogen-bond donors (Lipinski definition) is 0. The van der Waals surface area contributed by atoms with Gasteiger partial charge in [-0.25, -0.2) is 0 Å². The molecule has 1 atom stereocenters. The van der Waals surface area contributed by atoms with Gasteiger partial charge in [-0.3, -0.25) is 14.2 Å². The monoisotopic (exact) mass is 496 g/mol. The van der Waals surface area contributed by atoms with E-state index in [1.165, 1.54) is 28.4 Å². The number of ketones is 2. The summed E-state index contributed by atoms with van der Waals surface area (Å²) in [6, 6.07) is 10.1. The van der Waals surface area contributed by atoms with Crippen LogP contribution in [0.25, 0.3) is 0 Å². The Kier molecular flexibility index (Phi) is 7.81. The molecule has 3 rings (SSSR count). The van der Waals surface area contributed by atoms with Gasteiger partial charge in [-0.2, -0.15) is 0 Å². The SMILES string of the molecule is COc1cccc(OC)c1C(=O)C1=C(C)C(P=O)=CC(C(=O)c2c(OC)cccc2OC)C1(C)C. The molecule has 2 aromatic rings. The summed E-state index contributed by atoms with van der Waals surface area (Å²) in [6.45, 7) is 5.38. The van der Waals surface area contributed by atoms with E-state index in [2.05, 4.69) is 0 Å². The molecular weight excluding hydrogens is 467 g/mol. The van der Waals surface area contributed by atoms with E-state index < -0.39 is 11.3 Å². The molecule has 7 nitrogen and oxygen atoms in total. The highest BCUT2D eigenvalue weighted by Crippen LogP contribution is 2.50. The second-order valence-electron chi connectivity index (χ2n) is 8.61. The van der Waals surface area contributed by atoms with Crippen LogP contribution in [0.2, 0.25) is 0 Å². The van der Waals surface area contributed by atoms with Crippen molar-refractivity contribution in [2.75, 3.05) is 28.4 Å². The summed E-state index contributed by atoms with van der Waals surface area (Å²) >= 11 is 0. The standard InChI is InChI=1S/C27H29O7P/c1-15-21(35-30)14-16(25(28)22-17(31-4)10-8-11-18(22)32-5)27(2,3)24(15)26(29)23-19(33-6)12-9-13-20(23)34-7/h8-14,16H,1-7H3. The van der Waals surface area contributed by atoms with Crippen molar-refractivity contribution in [3.05, 3.63) is 70.1 Å². The number of benzene rings is 2. The number of rotatable bonds is 9. The average molecular weight is 496 g/mol. The number of ether oxygens (including phenoxy) is 4. The zero-order valence-corrected chi connectivity index (χ0v) is 21.8. The van der Waals surface area contributed by atoms with Crippen molar-refractivity contribution in [1.82, 2.24) is 0 Å². The Balaban J connectivity index is 2.24. The third kappa shape index (κ3) is 4.48. The minimum Gasteiger partial charge on any atom is -0.496 e. The molecule has 0 fully saturated rings. The number of allylic oxidation sites excluding steroid dienone is 4. The minimum atomic E-state index is -0.982. The molecule has 1 aliphatic carbocycles. The zero-order chi connectivity index (χ0) is 25.9. The first-order chi connectivity index (χ1) is 16.7. The zero-order valence-electron chi connectivity index (χ0n) is 20.9. The Morgan fingerprint density at radius 2 is 1.23 bits per heavy atom. The van der Waals surface area contributed by atoms with Gasteiger partial charge in [0.2, 0.25) is 0 Å². The molecule has 1 unspecified atom stereocenters. The molecule has 0 bridgehead atoms. The van der Waals surface area contributed by atoms with Crippen molar-refractivity contribution >= 4 is 20.0 Å². The van der Waals surface area contributed by atoms with Gasteiger partial charge in [0.1, 0.15) is 34.1 Å². The molecular formula is C27H29O7P. The number of methoxy groups -OCH3 is 4. The van der Waals surface area contributed by atoms with Gasteiger partial charge in [-0.15, -0.1) is 0 Å². The lowest BCUT2D eigenvalue weighted by Crippen LogP contribution is -2.38. The normalized spacial score (nSPS) is 17.0. The van der Waals surface area contributed by atoms with Crippen LogP contribution < -0.4 is 18.9 Å². The predicted molar refractivity (Wildman–Crippen MR) is 133 cm³/mol. The summed E-state index contributed by atoms with van der Waals surface area (Å²) in [6.07, 6.45) is 1.66. The number of carbonyl (C=O) groups is 2. The van der Waals surface area contributed by atoms with Crippen LogP contribution in [0.4, 0.5) is 0 Å². The van der Waals surface area contributed by atoms with Crippen LogP contribution in [-0.2, 0) is 4.57 Å². The van der Waals surface area contributed by atoms with Crippen molar-refractivity contribution < 1.29 is 33.1 Å². The van der Waals surface area contributed by atoms with E-state index in [1.54, 1.807) is 49.4 Å². The Hall–Kier alpha value is -3.44. The lowest BCUT2D eigenvalue weighted by Gasteiger charge is -2.38. The minimum absolute atomic E-state index is 0.241. The van der Waals surface area contributed by atoms with Crippen LogP contribution >= 0.6 is 8.46 Å². The van der Waals surface area contributed by atoms with Crippen molar-refractivity contribution in [3.8, 4) is 23.0 Å². The van der Waals surface area contributed by atoms with Gasteiger partial charge in [-0.05, 0) is 36.8 Å². The Bertz CT molecular complexity index is 1200. The third-order valence-electron chi connectivity index (χ3n) is 6.44. The maximum atomic E-state index is 14.1. The van der Waals surface area contributed by atoms with Gasteiger partial charge < -0.3 is 18.9 Å². The van der Waals surface area contributed by atoms with Crippen LogP contribution in [-0.4, -0.2) is 40.0 Å². The van der Waals surface area contributed by atoms with Crippen molar-refractivity contribution in [3.63, 3.8) is 0 Å². The maximum absolute atomic E-state index is 14.1. The summed E-state index contributed by atoms with van der Waals surface area (Å²) in [5.41, 5.74) is 0.415. The van der Waals surface area contributed by atoms with Crippen molar-refractivity contribution in [1.29, 1.82) is 0 Å². The molecule has 0 heterocycles. The number of hydrogen-bond acceptors (Lipinski definition) is 7. The second kappa shape index (κ2) is 10.4. The first-order valence-corrected chi connectivity index (χ1v) is 11.8. The lowest BCUT2D eigenvalue weighted by molar-refractivity contribution is 0.0853. The van der Waals surface area contributed by atoms with Gasteiger partial charge in [0.15, 0.2) is 20.0 Å². The Morgan fingerprint density at radius 1 is 0.800 bits per heavy atom. The molecule has 2 aromatic carbocycles. The molecule has 8 heteroatoms. The fourth-order valence-electron chi connectivity index (χ4n) is 4.67. The van der Waals surface area contributed by atoms with Crippen LogP contribution in [0.15, 0.2) is 58.9 Å². The first kappa shape index (κ1) is 26.2. The van der Waals surface area contributed by atoms with E-state index >= 15 is 0 Å². The van der Waals surface area contributed by atoms with Gasteiger partial charge >= 0.3 is 0 Å². The van der Waals surface area contributed by atoms with E-state index in [1.807, 2.05) is 13.8 Å². The summed E-state index contributed by atoms with van der Waals surface area (Å²) in [5, 5.41) is 0.369. The van der Waals surface area contributed by atoms with Crippen LogP contribution in [0.1, 0.15) is 41.5 Å². The summed E-state index contributed by atoms with van der Waals surface area (Å²) < 4.78 is 34.0. The molecule has 0 aliphatic heterocycles. The van der Waals surface area contributed by atoms with E-state index in [4.69, 9.17) is 18.9 Å². The van der Waals surface area contributed by atoms with Gasteiger partial charge in [0, 0.05) is 16.3 Å². The highest BCUT2D eigenvalue weighted by Gasteiger charge is 2.46. The van der Waals surface area contributed by atoms with Crippen LogP contribution in [0, 0.1) is 11.3 Å². The third-order valence-corrected chi connectivity index (χ3v) is 7.12. The van der Waals surface area contributed by atoms with E-state index in [0.29, 0.717) is 39.5 Å². The van der Waals surface area contributed by atoms with Crippen molar-refractivity contribution in [2.24, 2.45) is 11.3 Å². The van der Waals surface area contributed by atoms with Gasteiger partial charge in [0.25, 0.3) is 0 Å². The maximum Gasteiger partial charge on any atom is 0.197 e. The largest absolute Gasteiger partial charge is 0.496 e. The Morgan fingerprint density at radius 3 is 1.63 bits per heavy atom. The fraction of sp³-hybridized carbons (Fsp3) is 0.333. The first-order valence-electron chi connectivity index (χ1n) is 11.0. The second-order valence-corrected chi connectivity index (χ2v) is 9.28. The van der Waals surface area contributed by atoms with Crippen LogP contribution in [0.5, 0.6) is 23.0 Å². The lowest BCUT2D eigenvalue weighted by atomic mass is 9.64. The molecule has 0 saturated carbocycles. The molecule has 0 amide bonds. The number of Topliss-reactive ketones (excluding diaryl/α,β-unsaturated/α-hetero) is 2. The molecule has 184 valence electrons. The van der Waals surface area contributed by atoms with Gasteiger partial charge in [-0.1, -0.05) is 32.1 Å². The fourth-order valence-corrected chi connectivity index (χ4v) is 5.13. The quantitative estimate of drug-likeness (QED) is 0.314. The summed E-state index contributed by atoms with van der Waals surface area (Å²) in [7, 11) is 5.59. The summed E-state index contributed by atoms with van der Waals surface area (Å²) in [5.74, 6) is -0.106. The van der Waals surface area contributed by atoms with E-state index in [0.717, 1.165) is 0 Å². The molecule has 0 N–H and O–H groups in total. The topological polar surface area (TPSA) is 88.1 Å². The smallest absolute Gasteiger partial charge is 0.197 e. The number of carbonyl (C=O) groups excluding carboxylic acids is 2. The molecule has 0 radical (unpaired) electrons. The highest BCUT2D eigenvalue weighted by atomic mass is 31.1.